The minimum atomic E-state index is -4.45. The Hall–Kier alpha value is -3.31. The second kappa shape index (κ2) is 8.48. The largest absolute Gasteiger partial charge is 0.424 e. The Labute approximate surface area is 194 Å². The van der Waals surface area contributed by atoms with Gasteiger partial charge in [0, 0.05) is 19.1 Å². The van der Waals surface area contributed by atoms with Crippen LogP contribution in [-0.2, 0) is 6.18 Å². The Morgan fingerprint density at radius 1 is 1.15 bits per heavy atom. The van der Waals surface area contributed by atoms with Crippen LogP contribution in [0.25, 0.3) is 0 Å². The van der Waals surface area contributed by atoms with E-state index in [9.17, 15) is 13.2 Å². The van der Waals surface area contributed by atoms with Crippen molar-refractivity contribution >= 4 is 12.0 Å². The average Bonchev–Trinajstić information content (AvgIpc) is 3.44. The molecule has 2 fully saturated rings. The van der Waals surface area contributed by atoms with Crippen LogP contribution < -0.4 is 15.0 Å². The van der Waals surface area contributed by atoms with Crippen LogP contribution in [0.2, 0.25) is 0 Å². The monoisotopic (exact) mass is 477 g/mol. The predicted octanol–water partition coefficient (Wildman–Crippen LogP) is 4.69. The quantitative estimate of drug-likeness (QED) is 0.547. The van der Waals surface area contributed by atoms with Crippen LogP contribution in [0.5, 0.6) is 11.8 Å². The number of hydrogen-bond acceptors (Lipinski definition) is 8. The summed E-state index contributed by atoms with van der Waals surface area (Å²) in [4.78, 5) is 10.9. The lowest BCUT2D eigenvalue weighted by Crippen LogP contribution is -2.48. The maximum Gasteiger partial charge on any atom is 0.416 e. The molecule has 3 atom stereocenters. The van der Waals surface area contributed by atoms with Crippen molar-refractivity contribution in [1.82, 2.24) is 24.9 Å². The average molecular weight is 477 g/mol. The van der Waals surface area contributed by atoms with Crippen molar-refractivity contribution in [2.24, 2.45) is 11.8 Å². The van der Waals surface area contributed by atoms with E-state index in [0.717, 1.165) is 38.1 Å². The third-order valence-electron chi connectivity index (χ3n) is 6.38. The van der Waals surface area contributed by atoms with Crippen molar-refractivity contribution in [3.63, 3.8) is 0 Å². The molecule has 2 bridgehead atoms. The Bertz CT molecular complexity index is 1150. The summed E-state index contributed by atoms with van der Waals surface area (Å²) in [5, 5.41) is 11.9. The number of halogens is 3. The molecular weight excluding hydrogens is 451 g/mol. The number of aromatic nitrogens is 5. The van der Waals surface area contributed by atoms with E-state index in [0.29, 0.717) is 29.6 Å². The molecule has 1 aliphatic carbocycles. The molecule has 3 aromatic rings. The van der Waals surface area contributed by atoms with Crippen LogP contribution in [0, 0.1) is 18.8 Å². The topological polar surface area (TPSA) is 94.1 Å². The SMILES string of the molecule is Cc1noc(N2C[C@H]3CC[C@@H](C2)[C@@H]3Nc2nc(Oc3cccc(C(F)(F)F)c3)n(C(C)C)n2)n1. The number of anilines is 2. The summed E-state index contributed by atoms with van der Waals surface area (Å²) < 4.78 is 51.9. The highest BCUT2D eigenvalue weighted by Gasteiger charge is 2.44. The van der Waals surface area contributed by atoms with Gasteiger partial charge in [0.05, 0.1) is 11.6 Å². The number of fused-ring (bicyclic) bond motifs is 2. The van der Waals surface area contributed by atoms with Gasteiger partial charge in [-0.15, -0.1) is 5.10 Å². The lowest BCUT2D eigenvalue weighted by molar-refractivity contribution is -0.137. The molecule has 0 radical (unpaired) electrons. The van der Waals surface area contributed by atoms with Gasteiger partial charge in [-0.3, -0.25) is 0 Å². The predicted molar refractivity (Wildman–Crippen MR) is 117 cm³/mol. The highest BCUT2D eigenvalue weighted by molar-refractivity contribution is 5.36. The maximum absolute atomic E-state index is 13.1. The number of aryl methyl sites for hydroxylation is 1. The second-order valence-corrected chi connectivity index (χ2v) is 9.18. The molecule has 9 nitrogen and oxygen atoms in total. The minimum Gasteiger partial charge on any atom is -0.424 e. The highest BCUT2D eigenvalue weighted by Crippen LogP contribution is 2.40. The van der Waals surface area contributed by atoms with E-state index >= 15 is 0 Å². The van der Waals surface area contributed by atoms with Gasteiger partial charge in [-0.25, -0.2) is 4.68 Å². The van der Waals surface area contributed by atoms with E-state index in [-0.39, 0.29) is 23.8 Å². The summed E-state index contributed by atoms with van der Waals surface area (Å²) in [5.41, 5.74) is -0.779. The van der Waals surface area contributed by atoms with Crippen molar-refractivity contribution in [3.8, 4) is 11.8 Å². The fourth-order valence-corrected chi connectivity index (χ4v) is 4.80. The summed E-state index contributed by atoms with van der Waals surface area (Å²) in [6.07, 6.45) is -2.33. The summed E-state index contributed by atoms with van der Waals surface area (Å²) in [5.74, 6) is 1.77. The van der Waals surface area contributed by atoms with Gasteiger partial charge in [-0.05, 0) is 63.6 Å². The summed E-state index contributed by atoms with van der Waals surface area (Å²) in [6, 6.07) is 5.51. The highest BCUT2D eigenvalue weighted by atomic mass is 19.4. The molecule has 0 amide bonds. The van der Waals surface area contributed by atoms with Gasteiger partial charge in [-0.2, -0.15) is 23.1 Å². The van der Waals surface area contributed by atoms with Gasteiger partial charge in [-0.1, -0.05) is 11.2 Å². The van der Waals surface area contributed by atoms with Crippen molar-refractivity contribution < 1.29 is 22.4 Å². The van der Waals surface area contributed by atoms with E-state index in [4.69, 9.17) is 9.26 Å². The zero-order chi connectivity index (χ0) is 24.0. The van der Waals surface area contributed by atoms with E-state index in [1.54, 1.807) is 11.6 Å². The number of nitrogens with zero attached hydrogens (tertiary/aromatic N) is 6. The smallest absolute Gasteiger partial charge is 0.416 e. The van der Waals surface area contributed by atoms with Crippen molar-refractivity contribution in [3.05, 3.63) is 35.7 Å². The Balaban J connectivity index is 1.32. The number of nitrogens with one attached hydrogen (secondary N) is 1. The first kappa shape index (κ1) is 22.5. The molecule has 2 aromatic heterocycles. The van der Waals surface area contributed by atoms with Crippen molar-refractivity contribution in [1.29, 1.82) is 0 Å². The Kier molecular flexibility index (Phi) is 5.61. The molecule has 12 heteroatoms. The van der Waals surface area contributed by atoms with Gasteiger partial charge in [0.25, 0.3) is 0 Å². The molecule has 0 spiro atoms. The second-order valence-electron chi connectivity index (χ2n) is 9.18. The molecule has 2 aliphatic rings. The Morgan fingerprint density at radius 2 is 1.88 bits per heavy atom. The lowest BCUT2D eigenvalue weighted by Gasteiger charge is -2.37. The molecule has 0 unspecified atom stereocenters. The number of piperidine rings is 1. The van der Waals surface area contributed by atoms with Crippen LogP contribution >= 0.6 is 0 Å². The van der Waals surface area contributed by atoms with Gasteiger partial charge in [0.1, 0.15) is 5.75 Å². The number of ether oxygens (including phenoxy) is 1. The van der Waals surface area contributed by atoms with Crippen molar-refractivity contribution in [2.75, 3.05) is 23.3 Å². The first-order valence-corrected chi connectivity index (χ1v) is 11.3. The van der Waals surface area contributed by atoms with Gasteiger partial charge in [0.2, 0.25) is 5.95 Å². The molecular formula is C22H26F3N7O2. The number of alkyl halides is 3. The van der Waals surface area contributed by atoms with Crippen LogP contribution in [0.15, 0.2) is 28.8 Å². The van der Waals surface area contributed by atoms with E-state index in [1.807, 2.05) is 13.8 Å². The first-order valence-electron chi connectivity index (χ1n) is 11.3. The third-order valence-corrected chi connectivity index (χ3v) is 6.38. The molecule has 182 valence electrons. The van der Waals surface area contributed by atoms with Crippen LogP contribution in [0.4, 0.5) is 25.1 Å². The zero-order valence-corrected chi connectivity index (χ0v) is 19.1. The Morgan fingerprint density at radius 3 is 2.50 bits per heavy atom. The lowest BCUT2D eigenvalue weighted by atomic mass is 9.92. The van der Waals surface area contributed by atoms with Gasteiger partial charge in [0.15, 0.2) is 5.82 Å². The molecule has 34 heavy (non-hydrogen) atoms. The number of hydrogen-bond donors (Lipinski definition) is 1. The summed E-state index contributed by atoms with van der Waals surface area (Å²) in [6.45, 7) is 7.19. The van der Waals surface area contributed by atoms with Gasteiger partial charge >= 0.3 is 18.2 Å². The molecule has 1 N–H and O–H groups in total. The molecule has 5 rings (SSSR count). The number of benzene rings is 1. The standard InChI is InChI=1S/C22H26F3N7O2/c1-12(2)32-21(33-17-6-4-5-16(9-17)22(23,24)25)28-19(29-32)27-18-14-7-8-15(18)11-31(10-14)20-26-13(3)30-34-20/h4-6,9,12,14-15,18H,7-8,10-11H2,1-3H3,(H,27,29)/t14-,15+,18-. The van der Waals surface area contributed by atoms with E-state index in [2.05, 4.69) is 30.4 Å². The third kappa shape index (κ3) is 4.40. The molecule has 1 aromatic carbocycles. The van der Waals surface area contributed by atoms with Crippen molar-refractivity contribution in [2.45, 2.75) is 51.9 Å². The maximum atomic E-state index is 13.1. The molecule has 1 saturated carbocycles. The summed E-state index contributed by atoms with van der Waals surface area (Å²) >= 11 is 0. The normalized spacial score (nSPS) is 22.4. The van der Waals surface area contributed by atoms with Crippen LogP contribution in [0.3, 0.4) is 0 Å². The first-order chi connectivity index (χ1) is 16.2. The summed E-state index contributed by atoms with van der Waals surface area (Å²) in [7, 11) is 0. The van der Waals surface area contributed by atoms with Crippen LogP contribution in [-0.4, -0.2) is 44.0 Å². The minimum absolute atomic E-state index is 0.0545. The molecule has 1 aliphatic heterocycles. The fraction of sp³-hybridized carbons (Fsp3) is 0.545. The van der Waals surface area contributed by atoms with Gasteiger partial charge < -0.3 is 19.5 Å². The molecule has 3 heterocycles. The van der Waals surface area contributed by atoms with E-state index < -0.39 is 11.7 Å². The van der Waals surface area contributed by atoms with E-state index in [1.165, 1.54) is 12.1 Å². The molecule has 1 saturated heterocycles. The zero-order valence-electron chi connectivity index (χ0n) is 19.1. The number of rotatable bonds is 6. The van der Waals surface area contributed by atoms with Crippen LogP contribution in [0.1, 0.15) is 44.1 Å². The fourth-order valence-electron chi connectivity index (χ4n) is 4.80.